The van der Waals surface area contributed by atoms with Crippen molar-refractivity contribution < 1.29 is 23.1 Å². The molecule has 12 heavy (non-hydrogen) atoms. The molecule has 0 radical (unpaired) electrons. The standard InChI is InChI=1S/C5H5NO5S/c7-5(8)3-1-2-4(11-3)6-12(9)10/h1-2,6H,(H,7,8)(H,9,10). The summed E-state index contributed by atoms with van der Waals surface area (Å²) in [7, 11) is 0. The molecule has 1 heterocycles. The molecule has 6 nitrogen and oxygen atoms in total. The third kappa shape index (κ3) is 2.07. The van der Waals surface area contributed by atoms with Crippen LogP contribution in [0.15, 0.2) is 16.5 Å². The van der Waals surface area contributed by atoms with Crippen molar-refractivity contribution in [2.24, 2.45) is 0 Å². The SMILES string of the molecule is O=C(O)c1ccc(NS(=O)O)o1. The molecule has 66 valence electrons. The Bertz CT molecular complexity index is 319. The van der Waals surface area contributed by atoms with Crippen LogP contribution in [0.1, 0.15) is 10.6 Å². The lowest BCUT2D eigenvalue weighted by molar-refractivity contribution is 0.0663. The highest BCUT2D eigenvalue weighted by molar-refractivity contribution is 7.80. The molecule has 0 aromatic carbocycles. The monoisotopic (exact) mass is 191 g/mol. The molecule has 0 aliphatic heterocycles. The summed E-state index contributed by atoms with van der Waals surface area (Å²) in [5, 5.41) is 8.37. The van der Waals surface area contributed by atoms with Gasteiger partial charge in [-0.25, -0.2) is 9.00 Å². The average Bonchev–Trinajstić information content (AvgIpc) is 2.34. The molecule has 1 rings (SSSR count). The first-order valence-electron chi connectivity index (χ1n) is 2.80. The maximum atomic E-state index is 10.2. The molecule has 7 heteroatoms. The first-order chi connectivity index (χ1) is 5.59. The number of carboxylic acids is 1. The van der Waals surface area contributed by atoms with Crippen LogP contribution in [0.5, 0.6) is 0 Å². The van der Waals surface area contributed by atoms with Crippen LogP contribution < -0.4 is 4.72 Å². The fraction of sp³-hybridized carbons (Fsp3) is 0. The number of furan rings is 1. The number of hydrogen-bond donors (Lipinski definition) is 3. The van der Waals surface area contributed by atoms with Gasteiger partial charge in [0.2, 0.25) is 11.6 Å². The molecule has 0 amide bonds. The molecule has 0 saturated heterocycles. The Morgan fingerprint density at radius 2 is 2.25 bits per heavy atom. The smallest absolute Gasteiger partial charge is 0.371 e. The average molecular weight is 191 g/mol. The number of anilines is 1. The second-order valence-electron chi connectivity index (χ2n) is 1.82. The van der Waals surface area contributed by atoms with Crippen LogP contribution in [0.4, 0.5) is 5.88 Å². The summed E-state index contributed by atoms with van der Waals surface area (Å²) in [6.07, 6.45) is 0. The van der Waals surface area contributed by atoms with E-state index < -0.39 is 17.2 Å². The van der Waals surface area contributed by atoms with Gasteiger partial charge in [-0.3, -0.25) is 9.27 Å². The van der Waals surface area contributed by atoms with E-state index >= 15 is 0 Å². The third-order valence-corrected chi connectivity index (χ3v) is 1.38. The van der Waals surface area contributed by atoms with Crippen molar-refractivity contribution in [1.29, 1.82) is 0 Å². The first-order valence-corrected chi connectivity index (χ1v) is 3.91. The van der Waals surface area contributed by atoms with Crippen LogP contribution >= 0.6 is 0 Å². The lowest BCUT2D eigenvalue weighted by Gasteiger charge is -1.92. The number of nitrogens with one attached hydrogen (secondary N) is 1. The van der Waals surface area contributed by atoms with E-state index in [1.165, 1.54) is 12.1 Å². The van der Waals surface area contributed by atoms with Gasteiger partial charge in [-0.1, -0.05) is 0 Å². The van der Waals surface area contributed by atoms with E-state index in [9.17, 15) is 9.00 Å². The van der Waals surface area contributed by atoms with Crippen LogP contribution in [0.2, 0.25) is 0 Å². The number of hydrogen-bond acceptors (Lipinski definition) is 3. The van der Waals surface area contributed by atoms with Gasteiger partial charge in [0.1, 0.15) is 0 Å². The van der Waals surface area contributed by atoms with Gasteiger partial charge in [0.25, 0.3) is 11.3 Å². The minimum atomic E-state index is -2.25. The van der Waals surface area contributed by atoms with E-state index in [1.54, 1.807) is 0 Å². The minimum Gasteiger partial charge on any atom is -0.475 e. The van der Waals surface area contributed by atoms with Crippen molar-refractivity contribution in [3.63, 3.8) is 0 Å². The lowest BCUT2D eigenvalue weighted by atomic mass is 10.5. The summed E-state index contributed by atoms with van der Waals surface area (Å²) < 4.78 is 25.0. The zero-order valence-corrected chi connectivity index (χ0v) is 6.50. The third-order valence-electron chi connectivity index (χ3n) is 1.00. The minimum absolute atomic E-state index is 0.0618. The molecular formula is C5H5NO5S. The second-order valence-corrected chi connectivity index (χ2v) is 2.52. The van der Waals surface area contributed by atoms with Crippen molar-refractivity contribution in [3.05, 3.63) is 17.9 Å². The highest BCUT2D eigenvalue weighted by atomic mass is 32.2. The molecule has 0 aliphatic rings. The van der Waals surface area contributed by atoms with Crippen LogP contribution in [0, 0.1) is 0 Å². The molecule has 1 aromatic rings. The van der Waals surface area contributed by atoms with Crippen molar-refractivity contribution in [2.45, 2.75) is 0 Å². The largest absolute Gasteiger partial charge is 0.475 e. The molecule has 0 spiro atoms. The number of carboxylic acid groups (broad SMARTS) is 1. The normalized spacial score (nSPS) is 12.4. The Morgan fingerprint density at radius 1 is 1.58 bits per heavy atom. The maximum Gasteiger partial charge on any atom is 0.371 e. The highest BCUT2D eigenvalue weighted by Crippen LogP contribution is 2.12. The summed E-state index contributed by atoms with van der Waals surface area (Å²) in [6.45, 7) is 0. The summed E-state index contributed by atoms with van der Waals surface area (Å²) in [5.41, 5.74) is 0. The van der Waals surface area contributed by atoms with E-state index in [0.717, 1.165) is 0 Å². The van der Waals surface area contributed by atoms with Crippen molar-refractivity contribution >= 4 is 23.1 Å². The zero-order valence-electron chi connectivity index (χ0n) is 5.68. The molecule has 0 saturated carbocycles. The van der Waals surface area contributed by atoms with Crippen molar-refractivity contribution in [2.75, 3.05) is 4.72 Å². The Morgan fingerprint density at radius 3 is 2.67 bits per heavy atom. The van der Waals surface area contributed by atoms with Crippen LogP contribution in [0.3, 0.4) is 0 Å². The molecule has 1 aromatic heterocycles. The molecule has 3 N–H and O–H groups in total. The van der Waals surface area contributed by atoms with E-state index in [1.807, 2.05) is 4.72 Å². The van der Waals surface area contributed by atoms with Crippen LogP contribution in [-0.2, 0) is 11.3 Å². The predicted octanol–water partition coefficient (Wildman–Crippen LogP) is 0.526. The Balaban J connectivity index is 2.77. The van der Waals surface area contributed by atoms with Gasteiger partial charge in [-0.2, -0.15) is 0 Å². The molecule has 1 unspecified atom stereocenters. The fourth-order valence-corrected chi connectivity index (χ4v) is 0.876. The summed E-state index contributed by atoms with van der Waals surface area (Å²) in [6, 6.07) is 2.43. The summed E-state index contributed by atoms with van der Waals surface area (Å²) in [4.78, 5) is 10.2. The van der Waals surface area contributed by atoms with Gasteiger partial charge in [-0.15, -0.1) is 0 Å². The topological polar surface area (TPSA) is 99.8 Å². The Kier molecular flexibility index (Phi) is 2.46. The van der Waals surface area contributed by atoms with E-state index in [0.29, 0.717) is 0 Å². The van der Waals surface area contributed by atoms with Gasteiger partial charge >= 0.3 is 5.97 Å². The van der Waals surface area contributed by atoms with E-state index in [4.69, 9.17) is 9.66 Å². The highest BCUT2D eigenvalue weighted by Gasteiger charge is 2.08. The quantitative estimate of drug-likeness (QED) is 0.605. The predicted molar refractivity (Wildman–Crippen MR) is 40.1 cm³/mol. The first kappa shape index (κ1) is 8.75. The van der Waals surface area contributed by atoms with E-state index in [2.05, 4.69) is 4.42 Å². The Hall–Kier alpha value is -1.34. The second kappa shape index (κ2) is 3.37. The van der Waals surface area contributed by atoms with Crippen LogP contribution in [-0.4, -0.2) is 19.8 Å². The molecule has 0 bridgehead atoms. The van der Waals surface area contributed by atoms with Gasteiger partial charge in [0.15, 0.2) is 0 Å². The molecular weight excluding hydrogens is 186 g/mol. The fourth-order valence-electron chi connectivity index (χ4n) is 0.594. The number of rotatable bonds is 3. The summed E-state index contributed by atoms with van der Waals surface area (Å²) >= 11 is -2.25. The van der Waals surface area contributed by atoms with Gasteiger partial charge in [0.05, 0.1) is 0 Å². The van der Waals surface area contributed by atoms with Crippen molar-refractivity contribution in [3.8, 4) is 0 Å². The zero-order chi connectivity index (χ0) is 9.14. The molecule has 0 fully saturated rings. The molecule has 1 atom stereocenters. The number of carbonyl (C=O) groups is 1. The number of aromatic carboxylic acids is 1. The lowest BCUT2D eigenvalue weighted by Crippen LogP contribution is -2.00. The van der Waals surface area contributed by atoms with Gasteiger partial charge in [-0.05, 0) is 6.07 Å². The Labute approximate surface area is 69.6 Å². The van der Waals surface area contributed by atoms with Gasteiger partial charge in [0, 0.05) is 6.07 Å². The summed E-state index contributed by atoms with van der Waals surface area (Å²) in [5.74, 6) is -1.58. The van der Waals surface area contributed by atoms with Crippen molar-refractivity contribution in [1.82, 2.24) is 0 Å². The molecule has 0 aliphatic carbocycles. The van der Waals surface area contributed by atoms with E-state index in [-0.39, 0.29) is 11.6 Å². The van der Waals surface area contributed by atoms with Gasteiger partial charge < -0.3 is 9.52 Å². The maximum absolute atomic E-state index is 10.2. The van der Waals surface area contributed by atoms with Crippen LogP contribution in [0.25, 0.3) is 0 Å².